The number of nitrogens with one attached hydrogen (secondary N) is 1. The van der Waals surface area contributed by atoms with Crippen LogP contribution in [0.4, 0.5) is 0 Å². The predicted octanol–water partition coefficient (Wildman–Crippen LogP) is 3.06. The number of aliphatic hydroxyl groups excluding tert-OH is 1. The minimum atomic E-state index is -1.19. The average molecular weight is 419 g/mol. The molecule has 0 radical (unpaired) electrons. The molecule has 8 heteroatoms. The third kappa shape index (κ3) is 24.3. The van der Waals surface area contributed by atoms with Gasteiger partial charge in [0, 0.05) is 19.4 Å². The second-order valence-corrected chi connectivity index (χ2v) is 7.19. The minimum Gasteiger partial charge on any atom is -0.481 e. The fourth-order valence-electron chi connectivity index (χ4n) is 2.74. The van der Waals surface area contributed by atoms with Crippen molar-refractivity contribution < 1.29 is 29.7 Å². The van der Waals surface area contributed by atoms with Crippen molar-refractivity contribution in [2.24, 2.45) is 5.73 Å². The summed E-state index contributed by atoms with van der Waals surface area (Å²) in [7, 11) is 0. The lowest BCUT2D eigenvalue weighted by Crippen LogP contribution is -2.41. The molecule has 172 valence electrons. The zero-order valence-electron chi connectivity index (χ0n) is 18.0. The number of carbonyl (C=O) groups is 3. The number of carboxylic acid groups (broad SMARTS) is 2. The molecule has 6 N–H and O–H groups in total. The van der Waals surface area contributed by atoms with E-state index in [9.17, 15) is 14.4 Å². The highest BCUT2D eigenvalue weighted by molar-refractivity contribution is 5.83. The monoisotopic (exact) mass is 418 g/mol. The van der Waals surface area contributed by atoms with Crippen molar-refractivity contribution in [2.45, 2.75) is 103 Å². The number of hydrogen-bond acceptors (Lipinski definition) is 5. The quantitative estimate of drug-likeness (QED) is 0.215. The van der Waals surface area contributed by atoms with E-state index in [1.165, 1.54) is 51.4 Å². The number of hydrogen-bond donors (Lipinski definition) is 5. The largest absolute Gasteiger partial charge is 0.481 e. The Balaban J connectivity index is 0. The van der Waals surface area contributed by atoms with E-state index in [4.69, 9.17) is 21.1 Å². The Hall–Kier alpha value is -1.67. The van der Waals surface area contributed by atoms with Gasteiger partial charge in [-0.25, -0.2) is 4.79 Å². The molecule has 0 aliphatic heterocycles. The van der Waals surface area contributed by atoms with Gasteiger partial charge in [0.05, 0.1) is 6.61 Å². The molecule has 0 aromatic carbocycles. The number of aliphatic carboxylic acids is 2. The Labute approximate surface area is 175 Å². The molecule has 0 aromatic heterocycles. The summed E-state index contributed by atoms with van der Waals surface area (Å²) in [6, 6.07) is -1.11. The van der Waals surface area contributed by atoms with Gasteiger partial charge in [-0.3, -0.25) is 9.59 Å². The molecule has 0 heterocycles. The van der Waals surface area contributed by atoms with Gasteiger partial charge in [0.1, 0.15) is 6.04 Å². The van der Waals surface area contributed by atoms with Crippen LogP contribution in [0.5, 0.6) is 0 Å². The Morgan fingerprint density at radius 2 is 1.28 bits per heavy atom. The van der Waals surface area contributed by atoms with Gasteiger partial charge >= 0.3 is 11.9 Å². The van der Waals surface area contributed by atoms with Gasteiger partial charge in [-0.1, -0.05) is 71.1 Å². The molecule has 0 aromatic rings. The van der Waals surface area contributed by atoms with Crippen LogP contribution in [0.15, 0.2) is 0 Å². The smallest absolute Gasteiger partial charge is 0.326 e. The van der Waals surface area contributed by atoms with E-state index in [0.717, 1.165) is 19.3 Å². The third-order valence-corrected chi connectivity index (χ3v) is 4.42. The zero-order chi connectivity index (χ0) is 22.3. The van der Waals surface area contributed by atoms with Crippen LogP contribution in [0, 0.1) is 0 Å². The molecule has 29 heavy (non-hydrogen) atoms. The van der Waals surface area contributed by atoms with E-state index in [0.29, 0.717) is 13.0 Å². The standard InChI is InChI=1S/C19H35NO5.C2H7NO/c1-2-3-4-5-6-7-8-9-10-11-12-13-17(21)20-16(19(24)25)14-15-18(22)23;3-1-2-4/h16H,2-15H2,1H3,(H,20,21)(H,22,23)(H,24,25);4H,1-3H2. The molecule has 0 rings (SSSR count). The number of rotatable bonds is 18. The maximum atomic E-state index is 11.7. The molecule has 8 nitrogen and oxygen atoms in total. The molecule has 1 amide bonds. The molecule has 0 saturated heterocycles. The van der Waals surface area contributed by atoms with Gasteiger partial charge in [0.15, 0.2) is 0 Å². The van der Waals surface area contributed by atoms with E-state index in [-0.39, 0.29) is 25.4 Å². The molecule has 0 aliphatic rings. The molecule has 0 bridgehead atoms. The van der Waals surface area contributed by atoms with Gasteiger partial charge in [-0.2, -0.15) is 0 Å². The van der Waals surface area contributed by atoms with Crippen molar-refractivity contribution in [1.82, 2.24) is 5.32 Å². The van der Waals surface area contributed by atoms with E-state index in [1.54, 1.807) is 0 Å². The summed E-state index contributed by atoms with van der Waals surface area (Å²) in [5, 5.41) is 27.7. The molecule has 0 saturated carbocycles. The van der Waals surface area contributed by atoms with Crippen LogP contribution in [0.1, 0.15) is 96.8 Å². The average Bonchev–Trinajstić information content (AvgIpc) is 2.69. The van der Waals surface area contributed by atoms with Crippen LogP contribution in [-0.4, -0.2) is 52.4 Å². The summed E-state index contributed by atoms with van der Waals surface area (Å²) in [6.45, 7) is 2.69. The highest BCUT2D eigenvalue weighted by Crippen LogP contribution is 2.12. The van der Waals surface area contributed by atoms with Crippen LogP contribution < -0.4 is 11.1 Å². The van der Waals surface area contributed by atoms with Crippen LogP contribution >= 0.6 is 0 Å². The van der Waals surface area contributed by atoms with Crippen molar-refractivity contribution in [3.05, 3.63) is 0 Å². The SMILES string of the molecule is CCCCCCCCCCCCCC(=O)NC(CCC(=O)O)C(=O)O.NCCO. The van der Waals surface area contributed by atoms with Crippen molar-refractivity contribution in [1.29, 1.82) is 0 Å². The Morgan fingerprint density at radius 1 is 0.828 bits per heavy atom. The lowest BCUT2D eigenvalue weighted by Gasteiger charge is -2.13. The first-order chi connectivity index (χ1) is 13.9. The highest BCUT2D eigenvalue weighted by atomic mass is 16.4. The van der Waals surface area contributed by atoms with Crippen LogP contribution in [0.2, 0.25) is 0 Å². The van der Waals surface area contributed by atoms with Crippen LogP contribution in [0.25, 0.3) is 0 Å². The summed E-state index contributed by atoms with van der Waals surface area (Å²) >= 11 is 0. The second kappa shape index (κ2) is 22.6. The maximum Gasteiger partial charge on any atom is 0.326 e. The minimum absolute atomic E-state index is 0.0886. The van der Waals surface area contributed by atoms with E-state index < -0.39 is 18.0 Å². The summed E-state index contributed by atoms with van der Waals surface area (Å²) in [4.78, 5) is 33.2. The molecule has 1 atom stereocenters. The second-order valence-electron chi connectivity index (χ2n) is 7.19. The van der Waals surface area contributed by atoms with Gasteiger partial charge in [0.2, 0.25) is 5.91 Å². The summed E-state index contributed by atoms with van der Waals surface area (Å²) in [6.07, 6.45) is 13.1. The summed E-state index contributed by atoms with van der Waals surface area (Å²) in [5.74, 6) is -2.56. The van der Waals surface area contributed by atoms with Gasteiger partial charge in [0.25, 0.3) is 0 Å². The van der Waals surface area contributed by atoms with Crippen LogP contribution in [0.3, 0.4) is 0 Å². The van der Waals surface area contributed by atoms with Crippen molar-refractivity contribution in [3.8, 4) is 0 Å². The predicted molar refractivity (Wildman–Crippen MR) is 114 cm³/mol. The number of unbranched alkanes of at least 4 members (excludes halogenated alkanes) is 10. The van der Waals surface area contributed by atoms with Gasteiger partial charge in [-0.05, 0) is 12.8 Å². The van der Waals surface area contributed by atoms with Crippen molar-refractivity contribution in [2.75, 3.05) is 13.2 Å². The molecule has 0 fully saturated rings. The molecular formula is C21H42N2O6. The zero-order valence-corrected chi connectivity index (χ0v) is 18.0. The fraction of sp³-hybridized carbons (Fsp3) is 0.857. The molecular weight excluding hydrogens is 376 g/mol. The summed E-state index contributed by atoms with van der Waals surface area (Å²) < 4.78 is 0. The maximum absolute atomic E-state index is 11.7. The first-order valence-corrected chi connectivity index (χ1v) is 10.9. The normalized spacial score (nSPS) is 11.3. The number of carbonyl (C=O) groups excluding carboxylic acids is 1. The molecule has 0 spiro atoms. The fourth-order valence-corrected chi connectivity index (χ4v) is 2.74. The van der Waals surface area contributed by atoms with Crippen LogP contribution in [-0.2, 0) is 14.4 Å². The first-order valence-electron chi connectivity index (χ1n) is 10.9. The number of carboxylic acids is 2. The topological polar surface area (TPSA) is 150 Å². The Bertz CT molecular complexity index is 416. The van der Waals surface area contributed by atoms with E-state index in [1.807, 2.05) is 0 Å². The number of nitrogens with two attached hydrogens (primary N) is 1. The molecule has 1 unspecified atom stereocenters. The van der Waals surface area contributed by atoms with Crippen molar-refractivity contribution in [3.63, 3.8) is 0 Å². The van der Waals surface area contributed by atoms with E-state index in [2.05, 4.69) is 12.2 Å². The molecule has 0 aliphatic carbocycles. The lowest BCUT2D eigenvalue weighted by atomic mass is 10.0. The Kier molecular flexibility index (Phi) is 23.0. The number of aliphatic hydroxyl groups is 1. The highest BCUT2D eigenvalue weighted by Gasteiger charge is 2.20. The van der Waals surface area contributed by atoms with Crippen molar-refractivity contribution >= 4 is 17.8 Å². The third-order valence-electron chi connectivity index (χ3n) is 4.42. The Morgan fingerprint density at radius 3 is 1.66 bits per heavy atom. The summed E-state index contributed by atoms with van der Waals surface area (Å²) in [5.41, 5.74) is 4.78. The lowest BCUT2D eigenvalue weighted by molar-refractivity contribution is -0.143. The van der Waals surface area contributed by atoms with Gasteiger partial charge < -0.3 is 26.4 Å². The first kappa shape index (κ1) is 29.5. The number of amides is 1. The van der Waals surface area contributed by atoms with Gasteiger partial charge in [-0.15, -0.1) is 0 Å². The van der Waals surface area contributed by atoms with E-state index >= 15 is 0 Å².